The molecular formula is C42H39N5O2. The number of benzene rings is 4. The number of nitrogens with zero attached hydrogens (tertiary/aromatic N) is 5. The lowest BCUT2D eigenvalue weighted by Gasteiger charge is -2.43. The molecule has 0 N–H and O–H groups in total. The third-order valence-corrected chi connectivity index (χ3v) is 10.7. The summed E-state index contributed by atoms with van der Waals surface area (Å²) in [6.07, 6.45) is 8.08. The van der Waals surface area contributed by atoms with E-state index in [1.807, 2.05) is 65.6 Å². The number of piperazine rings is 1. The Labute approximate surface area is 286 Å². The van der Waals surface area contributed by atoms with Gasteiger partial charge in [-0.05, 0) is 43.2 Å². The van der Waals surface area contributed by atoms with Crippen molar-refractivity contribution in [2.75, 3.05) is 13.1 Å². The molecule has 7 heteroatoms. The number of amides is 1. The highest BCUT2D eigenvalue weighted by molar-refractivity contribution is 5.72. The monoisotopic (exact) mass is 645 g/mol. The maximum Gasteiger partial charge on any atom is 0.411 e. The lowest BCUT2D eigenvalue weighted by atomic mass is 9.80. The van der Waals surface area contributed by atoms with Crippen molar-refractivity contribution in [1.82, 2.24) is 24.2 Å². The highest BCUT2D eigenvalue weighted by atomic mass is 16.6. The van der Waals surface area contributed by atoms with Gasteiger partial charge in [0.05, 0.1) is 11.4 Å². The lowest BCUT2D eigenvalue weighted by Crippen LogP contribution is -2.56. The first-order chi connectivity index (χ1) is 24.2. The van der Waals surface area contributed by atoms with E-state index in [-0.39, 0.29) is 18.2 Å². The molecule has 2 aliphatic heterocycles. The minimum absolute atomic E-state index is 0.0601. The van der Waals surface area contributed by atoms with Crippen molar-refractivity contribution in [2.24, 2.45) is 0 Å². The normalized spacial score (nSPS) is 19.3. The fraction of sp³-hybridized carbons (Fsp3) is 0.262. The van der Waals surface area contributed by atoms with Crippen LogP contribution in [-0.2, 0) is 16.9 Å². The van der Waals surface area contributed by atoms with Gasteiger partial charge >= 0.3 is 6.09 Å². The summed E-state index contributed by atoms with van der Waals surface area (Å²) < 4.78 is 8.99. The fourth-order valence-corrected chi connectivity index (χ4v) is 8.16. The molecule has 3 fully saturated rings. The van der Waals surface area contributed by atoms with Crippen molar-refractivity contribution >= 4 is 11.9 Å². The molecule has 0 spiro atoms. The maximum atomic E-state index is 14.6. The van der Waals surface area contributed by atoms with Crippen LogP contribution in [0.5, 0.6) is 0 Å². The van der Waals surface area contributed by atoms with Crippen LogP contribution in [0.3, 0.4) is 0 Å². The highest BCUT2D eigenvalue weighted by Gasteiger charge is 2.48. The number of rotatable bonds is 8. The zero-order chi connectivity index (χ0) is 32.8. The largest absolute Gasteiger partial charge is 0.428 e. The smallest absolute Gasteiger partial charge is 0.411 e. The Hall–Kier alpha value is -5.27. The second-order valence-electron chi connectivity index (χ2n) is 13.7. The van der Waals surface area contributed by atoms with Crippen LogP contribution in [0.1, 0.15) is 59.5 Å². The number of likely N-dealkylation sites (tertiary alicyclic amines) is 1. The van der Waals surface area contributed by atoms with Gasteiger partial charge in [0.15, 0.2) is 5.60 Å². The molecule has 6 aromatic rings. The number of hydrogen-bond donors (Lipinski definition) is 0. The van der Waals surface area contributed by atoms with Crippen LogP contribution in [0.15, 0.2) is 134 Å². The Bertz CT molecular complexity index is 1970. The molecule has 2 aromatic heterocycles. The second-order valence-corrected chi connectivity index (χ2v) is 13.7. The molecule has 244 valence electrons. The number of aromatic nitrogens is 3. The van der Waals surface area contributed by atoms with Gasteiger partial charge < -0.3 is 4.74 Å². The predicted molar refractivity (Wildman–Crippen MR) is 190 cm³/mol. The van der Waals surface area contributed by atoms with E-state index in [9.17, 15) is 4.79 Å². The van der Waals surface area contributed by atoms with Gasteiger partial charge in [-0.25, -0.2) is 14.8 Å². The fourth-order valence-electron chi connectivity index (χ4n) is 8.16. The molecule has 2 unspecified atom stereocenters. The van der Waals surface area contributed by atoms with E-state index in [1.54, 1.807) is 6.20 Å². The highest BCUT2D eigenvalue weighted by Crippen LogP contribution is 2.43. The molecule has 4 heterocycles. The summed E-state index contributed by atoms with van der Waals surface area (Å²) in [7, 11) is 0. The van der Waals surface area contributed by atoms with E-state index in [2.05, 4.69) is 81.1 Å². The Morgan fingerprint density at radius 3 is 1.84 bits per heavy atom. The van der Waals surface area contributed by atoms with Crippen LogP contribution in [0.2, 0.25) is 0 Å². The molecule has 2 bridgehead atoms. The molecule has 2 saturated heterocycles. The van der Waals surface area contributed by atoms with Gasteiger partial charge in [0.25, 0.3) is 0 Å². The Morgan fingerprint density at radius 1 is 0.714 bits per heavy atom. The van der Waals surface area contributed by atoms with E-state index in [4.69, 9.17) is 9.72 Å². The summed E-state index contributed by atoms with van der Waals surface area (Å²) in [5.74, 6) is 1.43. The number of ether oxygens (including phenoxy) is 1. The van der Waals surface area contributed by atoms with Crippen LogP contribution < -0.4 is 0 Å². The molecule has 3 aliphatic rings. The van der Waals surface area contributed by atoms with Crippen LogP contribution in [0.4, 0.5) is 4.79 Å². The zero-order valence-corrected chi connectivity index (χ0v) is 27.4. The average molecular weight is 646 g/mol. The van der Waals surface area contributed by atoms with Crippen molar-refractivity contribution in [3.63, 3.8) is 0 Å². The summed E-state index contributed by atoms with van der Waals surface area (Å²) in [5, 5.41) is 0. The SMILES string of the molecule is O=C(OC(c1ccccc1)(c1ccccc1)c1ccccc1)N1C2CCC1CN(Cc1c(-c3ccc(C4CC4)cc3)nc3ncccn13)C2. The van der Waals surface area contributed by atoms with Crippen molar-refractivity contribution in [3.05, 3.63) is 162 Å². The second kappa shape index (κ2) is 12.3. The van der Waals surface area contributed by atoms with Gasteiger partial charge in [0.2, 0.25) is 5.78 Å². The molecule has 7 nitrogen and oxygen atoms in total. The summed E-state index contributed by atoms with van der Waals surface area (Å²) in [4.78, 5) is 28.7. The Kier molecular flexibility index (Phi) is 7.50. The Balaban J connectivity index is 1.01. The van der Waals surface area contributed by atoms with Gasteiger partial charge in [0, 0.05) is 66.4 Å². The van der Waals surface area contributed by atoms with Crippen LogP contribution in [-0.4, -0.2) is 55.4 Å². The van der Waals surface area contributed by atoms with E-state index in [0.717, 1.165) is 66.1 Å². The predicted octanol–water partition coefficient (Wildman–Crippen LogP) is 8.05. The number of carbonyl (C=O) groups excluding carboxylic acids is 1. The van der Waals surface area contributed by atoms with E-state index in [1.165, 1.54) is 18.4 Å². The molecule has 49 heavy (non-hydrogen) atoms. The molecule has 2 atom stereocenters. The van der Waals surface area contributed by atoms with E-state index in [0.29, 0.717) is 11.7 Å². The van der Waals surface area contributed by atoms with E-state index >= 15 is 0 Å². The van der Waals surface area contributed by atoms with Crippen molar-refractivity contribution < 1.29 is 9.53 Å². The molecule has 4 aromatic carbocycles. The van der Waals surface area contributed by atoms with Crippen molar-refractivity contribution in [3.8, 4) is 11.3 Å². The summed E-state index contributed by atoms with van der Waals surface area (Å²) in [6, 6.07) is 41.5. The first-order valence-electron chi connectivity index (χ1n) is 17.5. The third kappa shape index (κ3) is 5.39. The average Bonchev–Trinajstić information content (AvgIpc) is 3.90. The van der Waals surface area contributed by atoms with Gasteiger partial charge in [0.1, 0.15) is 0 Å². The van der Waals surface area contributed by atoms with Crippen molar-refractivity contribution in [2.45, 2.75) is 55.8 Å². The minimum atomic E-state index is -1.09. The molecule has 1 aliphatic carbocycles. The van der Waals surface area contributed by atoms with E-state index < -0.39 is 5.60 Å². The lowest BCUT2D eigenvalue weighted by molar-refractivity contribution is 0.00162. The number of imidazole rings is 1. The summed E-state index contributed by atoms with van der Waals surface area (Å²) >= 11 is 0. The quantitative estimate of drug-likeness (QED) is 0.157. The number of fused-ring (bicyclic) bond motifs is 3. The topological polar surface area (TPSA) is 63.0 Å². The first-order valence-corrected chi connectivity index (χ1v) is 17.5. The maximum absolute atomic E-state index is 14.6. The van der Waals surface area contributed by atoms with Crippen LogP contribution in [0, 0.1) is 0 Å². The standard InChI is InChI=1S/C42H39N5O2/c48-41(49-42(33-11-4-1-5-12-33,34-13-6-2-7-14-34)35-15-8-3-9-16-35)47-36-23-24-37(47)28-45(27-36)29-38-39(44-40-43-25-10-26-46(38)40)32-21-19-31(20-22-32)30-17-18-30/h1-16,19-22,25-26,30,36-37H,17-18,23-24,27-29H2. The third-order valence-electron chi connectivity index (χ3n) is 10.7. The van der Waals surface area contributed by atoms with Gasteiger partial charge in [-0.2, -0.15) is 0 Å². The first kappa shape index (κ1) is 29.8. The molecule has 0 radical (unpaired) electrons. The van der Waals surface area contributed by atoms with Gasteiger partial charge in [-0.15, -0.1) is 0 Å². The minimum Gasteiger partial charge on any atom is -0.428 e. The summed E-state index contributed by atoms with van der Waals surface area (Å²) in [6.45, 7) is 2.27. The zero-order valence-electron chi connectivity index (χ0n) is 27.4. The molecule has 9 rings (SSSR count). The molecule has 1 amide bonds. The number of carbonyl (C=O) groups is 1. The van der Waals surface area contributed by atoms with Crippen molar-refractivity contribution in [1.29, 1.82) is 0 Å². The van der Waals surface area contributed by atoms with Gasteiger partial charge in [-0.3, -0.25) is 14.2 Å². The number of hydrogen-bond acceptors (Lipinski definition) is 5. The molecule has 1 saturated carbocycles. The van der Waals surface area contributed by atoms with Crippen LogP contribution >= 0.6 is 0 Å². The Morgan fingerprint density at radius 2 is 1.29 bits per heavy atom. The van der Waals surface area contributed by atoms with Gasteiger partial charge in [-0.1, -0.05) is 115 Å². The summed E-state index contributed by atoms with van der Waals surface area (Å²) in [5.41, 5.74) is 6.33. The molecular weight excluding hydrogens is 606 g/mol. The van der Waals surface area contributed by atoms with Crippen LogP contribution in [0.25, 0.3) is 17.0 Å².